The van der Waals surface area contributed by atoms with E-state index < -0.39 is 6.80 Å². The number of benzene rings is 1. The van der Waals surface area contributed by atoms with Gasteiger partial charge in [-0.1, -0.05) is 17.7 Å². The van der Waals surface area contributed by atoms with Gasteiger partial charge in [0.05, 0.1) is 11.2 Å². The minimum atomic E-state index is -0.724. The molecule has 0 atom stereocenters. The standard InChI is InChI=1S/C10H7ClFNO/c11-8-2-1-7-3-9(5-14)13(6-12)10(7)4-8/h1-5H,6H2. The van der Waals surface area contributed by atoms with Crippen LogP contribution in [0.5, 0.6) is 0 Å². The largest absolute Gasteiger partial charge is 0.310 e. The van der Waals surface area contributed by atoms with Gasteiger partial charge in [0.15, 0.2) is 13.1 Å². The lowest BCUT2D eigenvalue weighted by molar-refractivity contribution is 0.111. The molecule has 0 unspecified atom stereocenters. The fourth-order valence-electron chi connectivity index (χ4n) is 1.48. The Kier molecular flexibility index (Phi) is 2.25. The van der Waals surface area contributed by atoms with E-state index in [2.05, 4.69) is 0 Å². The predicted octanol–water partition coefficient (Wildman–Crippen LogP) is 3.03. The number of carbonyl (C=O) groups excluding carboxylic acids is 1. The van der Waals surface area contributed by atoms with Crippen LogP contribution < -0.4 is 0 Å². The van der Waals surface area contributed by atoms with Gasteiger partial charge in [-0.3, -0.25) is 4.79 Å². The van der Waals surface area contributed by atoms with E-state index in [4.69, 9.17) is 11.6 Å². The predicted molar refractivity (Wildman–Crippen MR) is 53.4 cm³/mol. The summed E-state index contributed by atoms with van der Waals surface area (Å²) in [6.45, 7) is -0.724. The highest BCUT2D eigenvalue weighted by molar-refractivity contribution is 6.31. The number of rotatable bonds is 2. The summed E-state index contributed by atoms with van der Waals surface area (Å²) in [7, 11) is 0. The van der Waals surface area contributed by atoms with Gasteiger partial charge in [-0.25, -0.2) is 4.39 Å². The van der Waals surface area contributed by atoms with E-state index in [0.29, 0.717) is 22.5 Å². The quantitative estimate of drug-likeness (QED) is 0.700. The topological polar surface area (TPSA) is 22.0 Å². The monoisotopic (exact) mass is 211 g/mol. The number of aromatic nitrogens is 1. The zero-order chi connectivity index (χ0) is 10.1. The highest BCUT2D eigenvalue weighted by atomic mass is 35.5. The zero-order valence-electron chi connectivity index (χ0n) is 7.21. The molecule has 0 aliphatic rings. The maximum absolute atomic E-state index is 12.6. The number of fused-ring (bicyclic) bond motifs is 1. The van der Waals surface area contributed by atoms with Crippen molar-refractivity contribution < 1.29 is 9.18 Å². The molecule has 0 spiro atoms. The summed E-state index contributed by atoms with van der Waals surface area (Å²) in [6.07, 6.45) is 0.632. The van der Waals surface area contributed by atoms with Crippen molar-refractivity contribution in [3.05, 3.63) is 35.0 Å². The Morgan fingerprint density at radius 2 is 2.21 bits per heavy atom. The highest BCUT2D eigenvalue weighted by Gasteiger charge is 2.07. The summed E-state index contributed by atoms with van der Waals surface area (Å²) in [6, 6.07) is 6.75. The minimum Gasteiger partial charge on any atom is -0.310 e. The van der Waals surface area contributed by atoms with Crippen LogP contribution in [0.15, 0.2) is 24.3 Å². The molecule has 0 bridgehead atoms. The van der Waals surface area contributed by atoms with Crippen LogP contribution in [-0.4, -0.2) is 10.9 Å². The summed E-state index contributed by atoms with van der Waals surface area (Å²) < 4.78 is 13.9. The second-order valence-electron chi connectivity index (χ2n) is 2.94. The highest BCUT2D eigenvalue weighted by Crippen LogP contribution is 2.22. The van der Waals surface area contributed by atoms with E-state index >= 15 is 0 Å². The molecule has 0 saturated carbocycles. The molecule has 2 nitrogen and oxygen atoms in total. The smallest absolute Gasteiger partial charge is 0.166 e. The Hall–Kier alpha value is -1.35. The van der Waals surface area contributed by atoms with Crippen molar-refractivity contribution in [3.63, 3.8) is 0 Å². The third-order valence-corrected chi connectivity index (χ3v) is 2.37. The molecule has 4 heteroatoms. The summed E-state index contributed by atoms with van der Waals surface area (Å²) in [5.74, 6) is 0. The van der Waals surface area contributed by atoms with E-state index in [9.17, 15) is 9.18 Å². The number of aldehydes is 1. The van der Waals surface area contributed by atoms with Gasteiger partial charge in [0.1, 0.15) is 0 Å². The molecule has 0 amide bonds. The zero-order valence-corrected chi connectivity index (χ0v) is 7.96. The molecule has 0 N–H and O–H groups in total. The van der Waals surface area contributed by atoms with Gasteiger partial charge in [-0.15, -0.1) is 0 Å². The van der Waals surface area contributed by atoms with Gasteiger partial charge in [-0.05, 0) is 18.2 Å². The van der Waals surface area contributed by atoms with E-state index in [-0.39, 0.29) is 0 Å². The van der Waals surface area contributed by atoms with Crippen LogP contribution in [0.4, 0.5) is 4.39 Å². The first-order valence-corrected chi connectivity index (χ1v) is 4.44. The Bertz CT molecular complexity index is 492. The third kappa shape index (κ3) is 1.30. The molecule has 2 rings (SSSR count). The maximum Gasteiger partial charge on any atom is 0.166 e. The second-order valence-corrected chi connectivity index (χ2v) is 3.37. The van der Waals surface area contributed by atoms with Crippen molar-refractivity contribution in [1.82, 2.24) is 4.57 Å². The van der Waals surface area contributed by atoms with Crippen LogP contribution in [-0.2, 0) is 6.80 Å². The Labute approximate surface area is 84.9 Å². The molecule has 1 aromatic carbocycles. The van der Waals surface area contributed by atoms with Gasteiger partial charge < -0.3 is 4.57 Å². The first-order chi connectivity index (χ1) is 6.76. The molecule has 0 radical (unpaired) electrons. The minimum absolute atomic E-state index is 0.324. The van der Waals surface area contributed by atoms with Gasteiger partial charge in [0.25, 0.3) is 0 Å². The molecular formula is C10H7ClFNO. The Morgan fingerprint density at radius 1 is 1.43 bits per heavy atom. The first kappa shape index (κ1) is 9.21. The summed E-state index contributed by atoms with van der Waals surface area (Å²) >= 11 is 5.78. The lowest BCUT2D eigenvalue weighted by Gasteiger charge is -2.00. The molecule has 0 aliphatic heterocycles. The molecule has 0 fully saturated rings. The van der Waals surface area contributed by atoms with Crippen LogP contribution in [0.25, 0.3) is 10.9 Å². The Morgan fingerprint density at radius 3 is 2.86 bits per heavy atom. The second kappa shape index (κ2) is 3.42. The number of halogens is 2. The average Bonchev–Trinajstić information content (AvgIpc) is 2.54. The van der Waals surface area contributed by atoms with Crippen LogP contribution >= 0.6 is 11.6 Å². The van der Waals surface area contributed by atoms with E-state index in [1.165, 1.54) is 4.57 Å². The summed E-state index contributed by atoms with van der Waals surface area (Å²) in [5.41, 5.74) is 0.965. The van der Waals surface area contributed by atoms with Crippen molar-refractivity contribution in [2.75, 3.05) is 0 Å². The molecule has 1 heterocycles. The molecule has 14 heavy (non-hydrogen) atoms. The first-order valence-electron chi connectivity index (χ1n) is 4.06. The van der Waals surface area contributed by atoms with E-state index in [1.54, 1.807) is 24.3 Å². The number of nitrogens with zero attached hydrogens (tertiary/aromatic N) is 1. The van der Waals surface area contributed by atoms with Crippen LogP contribution in [0, 0.1) is 0 Å². The third-order valence-electron chi connectivity index (χ3n) is 2.14. The summed E-state index contributed by atoms with van der Waals surface area (Å²) in [5, 5.41) is 1.34. The van der Waals surface area contributed by atoms with Crippen molar-refractivity contribution >= 4 is 28.8 Å². The fraction of sp³-hybridized carbons (Fsp3) is 0.100. The number of carbonyl (C=O) groups is 1. The molecular weight excluding hydrogens is 205 g/mol. The van der Waals surface area contributed by atoms with Gasteiger partial charge in [0.2, 0.25) is 0 Å². The average molecular weight is 212 g/mol. The van der Waals surface area contributed by atoms with Crippen molar-refractivity contribution in [1.29, 1.82) is 0 Å². The summed E-state index contributed by atoms with van der Waals surface area (Å²) in [4.78, 5) is 10.6. The Balaban J connectivity index is 2.81. The van der Waals surface area contributed by atoms with Gasteiger partial charge in [-0.2, -0.15) is 0 Å². The molecule has 0 aliphatic carbocycles. The maximum atomic E-state index is 12.6. The van der Waals surface area contributed by atoms with Crippen molar-refractivity contribution in [3.8, 4) is 0 Å². The molecule has 72 valence electrons. The molecule has 1 aromatic heterocycles. The van der Waals surface area contributed by atoms with Gasteiger partial charge >= 0.3 is 0 Å². The lowest BCUT2D eigenvalue weighted by Crippen LogP contribution is -1.97. The lowest BCUT2D eigenvalue weighted by atomic mass is 10.2. The number of hydrogen-bond acceptors (Lipinski definition) is 1. The fourth-order valence-corrected chi connectivity index (χ4v) is 1.65. The van der Waals surface area contributed by atoms with E-state index in [1.807, 2.05) is 0 Å². The van der Waals surface area contributed by atoms with Crippen LogP contribution in [0.2, 0.25) is 5.02 Å². The van der Waals surface area contributed by atoms with Crippen molar-refractivity contribution in [2.45, 2.75) is 6.80 Å². The number of hydrogen-bond donors (Lipinski definition) is 0. The number of alkyl halides is 1. The molecule has 0 saturated heterocycles. The SMILES string of the molecule is O=Cc1cc2ccc(Cl)cc2n1CF. The van der Waals surface area contributed by atoms with Gasteiger partial charge in [0, 0.05) is 10.4 Å². The van der Waals surface area contributed by atoms with E-state index in [0.717, 1.165) is 5.39 Å². The normalized spacial score (nSPS) is 10.7. The van der Waals surface area contributed by atoms with Crippen LogP contribution in [0.1, 0.15) is 10.5 Å². The van der Waals surface area contributed by atoms with Crippen LogP contribution in [0.3, 0.4) is 0 Å². The molecule has 2 aromatic rings. The van der Waals surface area contributed by atoms with Crippen molar-refractivity contribution in [2.24, 2.45) is 0 Å².